The van der Waals surface area contributed by atoms with Gasteiger partial charge in [-0.1, -0.05) is 0 Å². The van der Waals surface area contributed by atoms with E-state index in [0.717, 1.165) is 11.4 Å². The zero-order valence-electron chi connectivity index (χ0n) is 12.5. The van der Waals surface area contributed by atoms with Gasteiger partial charge in [-0.05, 0) is 31.2 Å². The van der Waals surface area contributed by atoms with Crippen LogP contribution >= 0.6 is 0 Å². The van der Waals surface area contributed by atoms with Crippen molar-refractivity contribution in [3.8, 4) is 11.5 Å². The molecule has 3 rings (SSSR count). The number of aromatic nitrogens is 1. The van der Waals surface area contributed by atoms with Crippen molar-refractivity contribution >= 4 is 10.0 Å². The molecule has 6 nitrogen and oxygen atoms in total. The van der Waals surface area contributed by atoms with Gasteiger partial charge in [-0.15, -0.1) is 0 Å². The topological polar surface area (TPSA) is 69.6 Å². The molecule has 0 bridgehead atoms. The van der Waals surface area contributed by atoms with Crippen molar-refractivity contribution in [2.75, 3.05) is 13.2 Å². The number of rotatable bonds is 4. The maximum atomic E-state index is 12.4. The summed E-state index contributed by atoms with van der Waals surface area (Å²) in [4.78, 5) is 0.169. The highest BCUT2D eigenvalue weighted by Gasteiger charge is 2.19. The van der Waals surface area contributed by atoms with Gasteiger partial charge in [0.05, 0.1) is 11.4 Å². The van der Waals surface area contributed by atoms with Crippen molar-refractivity contribution in [2.24, 2.45) is 7.05 Å². The van der Waals surface area contributed by atoms with Crippen molar-refractivity contribution in [1.82, 2.24) is 9.29 Å². The van der Waals surface area contributed by atoms with Crippen molar-refractivity contribution in [3.05, 3.63) is 41.7 Å². The van der Waals surface area contributed by atoms with Crippen LogP contribution in [0, 0.1) is 6.92 Å². The van der Waals surface area contributed by atoms with Gasteiger partial charge in [-0.2, -0.15) is 0 Å². The second-order valence-electron chi connectivity index (χ2n) is 5.16. The number of nitrogens with zero attached hydrogens (tertiary/aromatic N) is 1. The minimum absolute atomic E-state index is 0.169. The van der Waals surface area contributed by atoms with E-state index in [0.29, 0.717) is 24.7 Å². The van der Waals surface area contributed by atoms with Crippen LogP contribution in [0.1, 0.15) is 11.4 Å². The number of nitrogens with one attached hydrogen (secondary N) is 1. The first kappa shape index (κ1) is 14.9. The minimum atomic E-state index is -3.60. The molecule has 0 spiro atoms. The molecule has 2 heterocycles. The Morgan fingerprint density at radius 2 is 1.86 bits per heavy atom. The quantitative estimate of drug-likeness (QED) is 0.928. The summed E-state index contributed by atoms with van der Waals surface area (Å²) in [7, 11) is -1.69. The lowest BCUT2D eigenvalue weighted by Gasteiger charge is -2.19. The summed E-state index contributed by atoms with van der Waals surface area (Å²) in [6.45, 7) is 3.11. The molecule has 0 fully saturated rings. The Hall–Kier alpha value is -1.99. The number of hydrogen-bond donors (Lipinski definition) is 1. The standard InChI is InChI=1S/C15H18N2O4S/c1-11-3-4-12(17(11)2)10-16-22(18,19)13-5-6-14-15(9-13)21-8-7-20-14/h3-6,9,16H,7-8,10H2,1-2H3. The Morgan fingerprint density at radius 3 is 2.55 bits per heavy atom. The van der Waals surface area contributed by atoms with E-state index >= 15 is 0 Å². The van der Waals surface area contributed by atoms with Crippen LogP contribution in [0.4, 0.5) is 0 Å². The van der Waals surface area contributed by atoms with E-state index in [1.807, 2.05) is 30.7 Å². The fourth-order valence-electron chi connectivity index (χ4n) is 2.29. The number of aryl methyl sites for hydroxylation is 1. The van der Waals surface area contributed by atoms with E-state index in [4.69, 9.17) is 9.47 Å². The average Bonchev–Trinajstić information content (AvgIpc) is 2.84. The van der Waals surface area contributed by atoms with Crippen LogP contribution in [0.25, 0.3) is 0 Å². The maximum Gasteiger partial charge on any atom is 0.241 e. The summed E-state index contributed by atoms with van der Waals surface area (Å²) < 4.78 is 40.2. The molecule has 118 valence electrons. The summed E-state index contributed by atoms with van der Waals surface area (Å²) in [6.07, 6.45) is 0. The minimum Gasteiger partial charge on any atom is -0.486 e. The molecule has 0 saturated carbocycles. The molecule has 2 aromatic rings. The van der Waals surface area contributed by atoms with Crippen LogP contribution in [-0.2, 0) is 23.6 Å². The van der Waals surface area contributed by atoms with E-state index in [2.05, 4.69) is 4.72 Å². The number of hydrogen-bond acceptors (Lipinski definition) is 4. The molecular weight excluding hydrogens is 304 g/mol. The normalized spacial score (nSPS) is 14.1. The average molecular weight is 322 g/mol. The molecule has 1 aliphatic rings. The van der Waals surface area contributed by atoms with Crippen LogP contribution in [0.5, 0.6) is 11.5 Å². The molecule has 22 heavy (non-hydrogen) atoms. The van der Waals surface area contributed by atoms with E-state index in [1.54, 1.807) is 6.07 Å². The fraction of sp³-hybridized carbons (Fsp3) is 0.333. The van der Waals surface area contributed by atoms with Gasteiger partial charge in [-0.3, -0.25) is 0 Å². The molecule has 1 aromatic heterocycles. The highest BCUT2D eigenvalue weighted by molar-refractivity contribution is 7.89. The smallest absolute Gasteiger partial charge is 0.241 e. The summed E-state index contributed by atoms with van der Waals surface area (Å²) >= 11 is 0. The molecular formula is C15H18N2O4S. The molecule has 0 atom stereocenters. The SMILES string of the molecule is Cc1ccc(CNS(=O)(=O)c2ccc3c(c2)OCCO3)n1C. The highest BCUT2D eigenvalue weighted by atomic mass is 32.2. The predicted octanol–water partition coefficient (Wildman–Crippen LogP) is 1.58. The summed E-state index contributed by atoms with van der Waals surface area (Å²) in [5.41, 5.74) is 1.98. The summed E-state index contributed by atoms with van der Waals surface area (Å²) in [5, 5.41) is 0. The third kappa shape index (κ3) is 2.82. The van der Waals surface area contributed by atoms with E-state index < -0.39 is 10.0 Å². The van der Waals surface area contributed by atoms with Crippen molar-refractivity contribution < 1.29 is 17.9 Å². The van der Waals surface area contributed by atoms with E-state index in [9.17, 15) is 8.42 Å². The van der Waals surface area contributed by atoms with Gasteiger partial charge in [0, 0.05) is 24.5 Å². The zero-order chi connectivity index (χ0) is 15.7. The Labute approximate surface area is 129 Å². The maximum absolute atomic E-state index is 12.4. The zero-order valence-corrected chi connectivity index (χ0v) is 13.3. The Balaban J connectivity index is 1.79. The number of benzene rings is 1. The van der Waals surface area contributed by atoms with E-state index in [1.165, 1.54) is 12.1 Å². The van der Waals surface area contributed by atoms with Gasteiger partial charge in [-0.25, -0.2) is 13.1 Å². The molecule has 1 aromatic carbocycles. The lowest BCUT2D eigenvalue weighted by atomic mass is 10.3. The van der Waals surface area contributed by atoms with E-state index in [-0.39, 0.29) is 11.4 Å². The van der Waals surface area contributed by atoms with Crippen molar-refractivity contribution in [3.63, 3.8) is 0 Å². The van der Waals surface area contributed by atoms with Crippen molar-refractivity contribution in [2.45, 2.75) is 18.4 Å². The molecule has 7 heteroatoms. The largest absolute Gasteiger partial charge is 0.486 e. The second-order valence-corrected chi connectivity index (χ2v) is 6.92. The lowest BCUT2D eigenvalue weighted by Crippen LogP contribution is -2.25. The first-order valence-electron chi connectivity index (χ1n) is 6.98. The second kappa shape index (κ2) is 5.66. The summed E-state index contributed by atoms with van der Waals surface area (Å²) in [5.74, 6) is 1.03. The Morgan fingerprint density at radius 1 is 1.14 bits per heavy atom. The third-order valence-electron chi connectivity index (χ3n) is 3.74. The van der Waals surface area contributed by atoms with Gasteiger partial charge in [0.15, 0.2) is 11.5 Å². The van der Waals surface area contributed by atoms with Crippen LogP contribution in [0.3, 0.4) is 0 Å². The molecule has 0 unspecified atom stereocenters. The lowest BCUT2D eigenvalue weighted by molar-refractivity contribution is 0.171. The first-order chi connectivity index (χ1) is 10.5. The van der Waals surface area contributed by atoms with Gasteiger partial charge in [0.2, 0.25) is 10.0 Å². The number of sulfonamides is 1. The van der Waals surface area contributed by atoms with Gasteiger partial charge >= 0.3 is 0 Å². The molecule has 0 amide bonds. The molecule has 0 radical (unpaired) electrons. The van der Waals surface area contributed by atoms with Crippen LogP contribution in [-0.4, -0.2) is 26.2 Å². The number of fused-ring (bicyclic) bond motifs is 1. The molecule has 0 aliphatic carbocycles. The molecule has 1 N–H and O–H groups in total. The van der Waals surface area contributed by atoms with Crippen LogP contribution in [0.2, 0.25) is 0 Å². The van der Waals surface area contributed by atoms with Crippen molar-refractivity contribution in [1.29, 1.82) is 0 Å². The molecule has 1 aliphatic heterocycles. The molecule has 0 saturated heterocycles. The first-order valence-corrected chi connectivity index (χ1v) is 8.46. The fourth-order valence-corrected chi connectivity index (χ4v) is 3.30. The van der Waals surface area contributed by atoms with Gasteiger partial charge in [0.25, 0.3) is 0 Å². The Bertz CT molecular complexity index is 796. The monoisotopic (exact) mass is 322 g/mol. The summed E-state index contributed by atoms with van der Waals surface area (Å²) in [6, 6.07) is 8.49. The van der Waals surface area contributed by atoms with Gasteiger partial charge in [0.1, 0.15) is 13.2 Å². The number of ether oxygens (including phenoxy) is 2. The predicted molar refractivity (Wildman–Crippen MR) is 81.6 cm³/mol. The highest BCUT2D eigenvalue weighted by Crippen LogP contribution is 2.32. The third-order valence-corrected chi connectivity index (χ3v) is 5.14. The van der Waals surface area contributed by atoms with Crippen LogP contribution < -0.4 is 14.2 Å². The van der Waals surface area contributed by atoms with Gasteiger partial charge < -0.3 is 14.0 Å². The van der Waals surface area contributed by atoms with Crippen LogP contribution in [0.15, 0.2) is 35.2 Å². The Kier molecular flexibility index (Phi) is 3.84.